The van der Waals surface area contributed by atoms with Crippen LogP contribution in [0.2, 0.25) is 0 Å². The zero-order valence-electron chi connectivity index (χ0n) is 18.0. The maximum Gasteiger partial charge on any atom is 0.244 e. The lowest BCUT2D eigenvalue weighted by Gasteiger charge is -2.45. The van der Waals surface area contributed by atoms with Crippen molar-refractivity contribution in [1.82, 2.24) is 0 Å². The molecule has 2 bridgehead atoms. The second-order valence-corrected chi connectivity index (χ2v) is 8.93. The van der Waals surface area contributed by atoms with Crippen molar-refractivity contribution in [1.29, 1.82) is 0 Å². The van der Waals surface area contributed by atoms with Crippen molar-refractivity contribution >= 4 is 5.91 Å². The Labute approximate surface area is 168 Å². The third-order valence-corrected chi connectivity index (χ3v) is 6.60. The fourth-order valence-corrected chi connectivity index (χ4v) is 4.42. The summed E-state index contributed by atoms with van der Waals surface area (Å²) in [6.45, 7) is 11.5. The summed E-state index contributed by atoms with van der Waals surface area (Å²) in [6, 6.07) is 0. The molecule has 2 rings (SSSR count). The molecule has 0 aromatic rings. The standard InChI is InChI=1S/C22H37NO5/c1-12(8-7-9-13(2)21(23)26)18(24)15(4)19(25)16(5)20-14(3)17-10-11-22(6,27-17)28-20/h7-9,12,14-20,24-25H,10-11H2,1-6H3,(H2,23,26)/b8-7+,13-9-/t12-,14+,15+,16+,17+,18-,19+,20+,22+/m0/s1. The number of nitrogens with two attached hydrogens (primary N) is 1. The van der Waals surface area contributed by atoms with Crippen LogP contribution in [0.1, 0.15) is 54.4 Å². The summed E-state index contributed by atoms with van der Waals surface area (Å²) in [5.74, 6) is -1.47. The van der Waals surface area contributed by atoms with E-state index in [1.165, 1.54) is 0 Å². The lowest BCUT2D eigenvalue weighted by atomic mass is 9.78. The van der Waals surface area contributed by atoms with Crippen molar-refractivity contribution < 1.29 is 24.5 Å². The van der Waals surface area contributed by atoms with E-state index < -0.39 is 23.9 Å². The number of ether oxygens (including phenoxy) is 2. The van der Waals surface area contributed by atoms with Crippen molar-refractivity contribution in [2.24, 2.45) is 29.4 Å². The lowest BCUT2D eigenvalue weighted by Crippen LogP contribution is -2.52. The third kappa shape index (κ3) is 5.03. The Kier molecular flexibility index (Phi) is 7.48. The molecule has 0 aromatic heterocycles. The number of aliphatic hydroxyl groups is 2. The summed E-state index contributed by atoms with van der Waals surface area (Å²) in [4.78, 5) is 11.0. The fraction of sp³-hybridized carbons (Fsp3) is 0.773. The van der Waals surface area contributed by atoms with Gasteiger partial charge in [0.25, 0.3) is 0 Å². The van der Waals surface area contributed by atoms with Gasteiger partial charge in [0.1, 0.15) is 0 Å². The van der Waals surface area contributed by atoms with Gasteiger partial charge in [-0.1, -0.05) is 45.9 Å². The Hall–Kier alpha value is -1.21. The predicted molar refractivity (Wildman–Crippen MR) is 108 cm³/mol. The van der Waals surface area contributed by atoms with E-state index in [9.17, 15) is 15.0 Å². The van der Waals surface area contributed by atoms with Crippen LogP contribution in [0.3, 0.4) is 0 Å². The number of fused-ring (bicyclic) bond motifs is 2. The highest BCUT2D eigenvalue weighted by Gasteiger charge is 2.51. The molecule has 0 unspecified atom stereocenters. The quantitative estimate of drug-likeness (QED) is 0.433. The van der Waals surface area contributed by atoms with Crippen molar-refractivity contribution in [3.05, 3.63) is 23.8 Å². The van der Waals surface area contributed by atoms with Crippen LogP contribution < -0.4 is 5.73 Å². The molecule has 9 atom stereocenters. The molecular weight excluding hydrogens is 358 g/mol. The molecule has 2 heterocycles. The number of amides is 1. The maximum absolute atomic E-state index is 11.0. The van der Waals surface area contributed by atoms with Gasteiger partial charge in [-0.2, -0.15) is 0 Å². The molecule has 2 aliphatic heterocycles. The van der Waals surface area contributed by atoms with E-state index in [4.69, 9.17) is 15.2 Å². The minimum Gasteiger partial charge on any atom is -0.392 e. The number of aliphatic hydroxyl groups excluding tert-OH is 2. The average Bonchev–Trinajstić information content (AvgIpc) is 2.99. The monoisotopic (exact) mass is 395 g/mol. The van der Waals surface area contributed by atoms with Crippen LogP contribution in [0.5, 0.6) is 0 Å². The minimum atomic E-state index is -0.724. The maximum atomic E-state index is 11.0. The van der Waals surface area contributed by atoms with E-state index in [1.807, 2.05) is 33.8 Å². The number of carbonyl (C=O) groups is 1. The highest BCUT2D eigenvalue weighted by molar-refractivity contribution is 5.91. The number of primary amides is 1. The van der Waals surface area contributed by atoms with Crippen molar-refractivity contribution in [2.45, 2.75) is 84.6 Å². The Balaban J connectivity index is 2.00. The molecule has 0 radical (unpaired) electrons. The van der Waals surface area contributed by atoms with Crippen LogP contribution in [0.4, 0.5) is 0 Å². The van der Waals surface area contributed by atoms with Crippen molar-refractivity contribution in [2.75, 3.05) is 0 Å². The molecule has 160 valence electrons. The number of hydrogen-bond acceptors (Lipinski definition) is 5. The number of allylic oxidation sites excluding steroid dienone is 2. The highest BCUT2D eigenvalue weighted by atomic mass is 16.7. The smallest absolute Gasteiger partial charge is 0.244 e. The number of rotatable bonds is 8. The Bertz CT molecular complexity index is 618. The first-order chi connectivity index (χ1) is 13.0. The zero-order chi connectivity index (χ0) is 21.2. The van der Waals surface area contributed by atoms with E-state index in [-0.39, 0.29) is 35.9 Å². The number of hydrogen-bond donors (Lipinski definition) is 3. The van der Waals surface area contributed by atoms with Crippen molar-refractivity contribution in [3.8, 4) is 0 Å². The summed E-state index contributed by atoms with van der Waals surface area (Å²) >= 11 is 0. The van der Waals surface area contributed by atoms with Gasteiger partial charge in [-0.15, -0.1) is 0 Å². The van der Waals surface area contributed by atoms with Crippen LogP contribution in [0.15, 0.2) is 23.8 Å². The molecule has 2 saturated heterocycles. The van der Waals surface area contributed by atoms with Gasteiger partial charge in [-0.3, -0.25) is 4.79 Å². The van der Waals surface area contributed by atoms with Crippen LogP contribution >= 0.6 is 0 Å². The molecular formula is C22H37NO5. The summed E-state index contributed by atoms with van der Waals surface area (Å²) in [7, 11) is 0. The topological polar surface area (TPSA) is 102 Å². The molecule has 0 aliphatic carbocycles. The first-order valence-corrected chi connectivity index (χ1v) is 10.3. The van der Waals surface area contributed by atoms with Gasteiger partial charge >= 0.3 is 0 Å². The Morgan fingerprint density at radius 1 is 1.21 bits per heavy atom. The molecule has 0 spiro atoms. The molecule has 6 heteroatoms. The summed E-state index contributed by atoms with van der Waals surface area (Å²) in [5.41, 5.74) is 5.66. The van der Waals surface area contributed by atoms with E-state index in [1.54, 1.807) is 19.1 Å². The third-order valence-electron chi connectivity index (χ3n) is 6.60. The normalized spacial score (nSPS) is 36.1. The Morgan fingerprint density at radius 3 is 2.46 bits per heavy atom. The van der Waals surface area contributed by atoms with Crippen molar-refractivity contribution in [3.63, 3.8) is 0 Å². The number of carbonyl (C=O) groups excluding carboxylic acids is 1. The van der Waals surface area contributed by atoms with E-state index in [2.05, 4.69) is 6.92 Å². The summed E-state index contributed by atoms with van der Waals surface area (Å²) in [5, 5.41) is 21.7. The van der Waals surface area contributed by atoms with Crippen LogP contribution in [0.25, 0.3) is 0 Å². The van der Waals surface area contributed by atoms with E-state index >= 15 is 0 Å². The molecule has 0 aromatic carbocycles. The summed E-state index contributed by atoms with van der Waals surface area (Å²) < 4.78 is 12.2. The molecule has 4 N–H and O–H groups in total. The van der Waals surface area contributed by atoms with Gasteiger partial charge in [0.05, 0.1) is 24.4 Å². The van der Waals surface area contributed by atoms with Gasteiger partial charge in [0.15, 0.2) is 5.79 Å². The zero-order valence-corrected chi connectivity index (χ0v) is 18.0. The SMILES string of the molecule is C/C(=C/C=C/[C@H](C)[C@H](O)[C@@H](C)[C@@H](O)[C@@H](C)[C@@H]1O[C@]2(C)CC[C@@H](O2)[C@H]1C)C(N)=O. The average molecular weight is 396 g/mol. The van der Waals surface area contributed by atoms with Crippen LogP contribution in [0, 0.1) is 23.7 Å². The minimum absolute atomic E-state index is 0.108. The van der Waals surface area contributed by atoms with Crippen LogP contribution in [-0.4, -0.2) is 46.3 Å². The van der Waals surface area contributed by atoms with Gasteiger partial charge in [-0.05, 0) is 20.3 Å². The van der Waals surface area contributed by atoms with Crippen LogP contribution in [-0.2, 0) is 14.3 Å². The largest absolute Gasteiger partial charge is 0.392 e. The Morgan fingerprint density at radius 2 is 1.86 bits per heavy atom. The molecule has 0 saturated carbocycles. The second-order valence-electron chi connectivity index (χ2n) is 8.93. The molecule has 2 fully saturated rings. The summed E-state index contributed by atoms with van der Waals surface area (Å²) in [6.07, 6.45) is 5.65. The van der Waals surface area contributed by atoms with Gasteiger partial charge in [0.2, 0.25) is 5.91 Å². The predicted octanol–water partition coefficient (Wildman–Crippen LogP) is 2.53. The van der Waals surface area contributed by atoms with E-state index in [0.717, 1.165) is 12.8 Å². The fourth-order valence-electron chi connectivity index (χ4n) is 4.42. The first-order valence-electron chi connectivity index (χ1n) is 10.3. The van der Waals surface area contributed by atoms with Gasteiger partial charge < -0.3 is 25.4 Å². The highest BCUT2D eigenvalue weighted by Crippen LogP contribution is 2.45. The second kappa shape index (κ2) is 9.08. The van der Waals surface area contributed by atoms with E-state index in [0.29, 0.717) is 5.57 Å². The molecule has 6 nitrogen and oxygen atoms in total. The molecule has 28 heavy (non-hydrogen) atoms. The first kappa shape index (κ1) is 23.1. The lowest BCUT2D eigenvalue weighted by molar-refractivity contribution is -0.309. The van der Waals surface area contributed by atoms with Gasteiger partial charge in [0, 0.05) is 35.7 Å². The molecule has 2 aliphatic rings. The molecule has 1 amide bonds. The van der Waals surface area contributed by atoms with Gasteiger partial charge in [-0.25, -0.2) is 0 Å².